The van der Waals surface area contributed by atoms with E-state index >= 15 is 0 Å². The maximum absolute atomic E-state index is 13.9. The SMILES string of the molecule is Cc1nc(CN(C)C[C@]2(O)CCCN(Cc3cccc(F)c3F)C2=O)cs1. The fourth-order valence-electron chi connectivity index (χ4n) is 3.50. The Morgan fingerprint density at radius 3 is 2.89 bits per heavy atom. The Morgan fingerprint density at radius 2 is 2.19 bits per heavy atom. The van der Waals surface area contributed by atoms with Crippen LogP contribution in [0.3, 0.4) is 0 Å². The minimum Gasteiger partial charge on any atom is -0.379 e. The third-order valence-electron chi connectivity index (χ3n) is 4.73. The van der Waals surface area contributed by atoms with Crippen LogP contribution in [-0.2, 0) is 17.9 Å². The van der Waals surface area contributed by atoms with Gasteiger partial charge in [0.1, 0.15) is 0 Å². The van der Waals surface area contributed by atoms with Crippen LogP contribution in [0.4, 0.5) is 8.78 Å². The number of likely N-dealkylation sites (tertiary alicyclic amines) is 1. The summed E-state index contributed by atoms with van der Waals surface area (Å²) in [6.45, 7) is 2.96. The number of carbonyl (C=O) groups is 1. The molecule has 0 aliphatic carbocycles. The van der Waals surface area contributed by atoms with Crippen molar-refractivity contribution in [1.82, 2.24) is 14.8 Å². The fraction of sp³-hybridized carbons (Fsp3) is 0.474. The van der Waals surface area contributed by atoms with E-state index in [9.17, 15) is 18.7 Å². The molecule has 1 aliphatic rings. The van der Waals surface area contributed by atoms with Gasteiger partial charge in [0.15, 0.2) is 17.2 Å². The number of aliphatic hydroxyl groups is 1. The zero-order chi connectivity index (χ0) is 19.6. The van der Waals surface area contributed by atoms with Gasteiger partial charge in [-0.05, 0) is 32.9 Å². The van der Waals surface area contributed by atoms with Crippen LogP contribution >= 0.6 is 11.3 Å². The van der Waals surface area contributed by atoms with Crippen molar-refractivity contribution in [2.45, 2.75) is 38.5 Å². The van der Waals surface area contributed by atoms with Crippen LogP contribution < -0.4 is 0 Å². The second kappa shape index (κ2) is 8.00. The second-order valence-electron chi connectivity index (χ2n) is 7.10. The van der Waals surface area contributed by atoms with E-state index in [0.717, 1.165) is 16.8 Å². The number of amides is 1. The summed E-state index contributed by atoms with van der Waals surface area (Å²) in [7, 11) is 1.82. The van der Waals surface area contributed by atoms with Gasteiger partial charge < -0.3 is 10.0 Å². The van der Waals surface area contributed by atoms with Gasteiger partial charge in [-0.15, -0.1) is 11.3 Å². The maximum Gasteiger partial charge on any atom is 0.256 e. The molecule has 0 unspecified atom stereocenters. The Kier molecular flexibility index (Phi) is 5.88. The Morgan fingerprint density at radius 1 is 1.41 bits per heavy atom. The zero-order valence-corrected chi connectivity index (χ0v) is 16.2. The van der Waals surface area contributed by atoms with E-state index in [2.05, 4.69) is 4.98 Å². The first kappa shape index (κ1) is 19.9. The number of halogens is 2. The van der Waals surface area contributed by atoms with E-state index in [1.165, 1.54) is 17.0 Å². The quantitative estimate of drug-likeness (QED) is 0.817. The van der Waals surface area contributed by atoms with Crippen LogP contribution in [0.1, 0.15) is 29.1 Å². The van der Waals surface area contributed by atoms with Crippen molar-refractivity contribution in [2.24, 2.45) is 0 Å². The number of likely N-dealkylation sites (N-methyl/N-ethyl adjacent to an activating group) is 1. The lowest BCUT2D eigenvalue weighted by Crippen LogP contribution is -2.57. The van der Waals surface area contributed by atoms with Gasteiger partial charge in [-0.1, -0.05) is 12.1 Å². The van der Waals surface area contributed by atoms with E-state index < -0.39 is 23.1 Å². The number of aromatic nitrogens is 1. The number of rotatable bonds is 6. The highest BCUT2D eigenvalue weighted by Crippen LogP contribution is 2.26. The standard InChI is InChI=1S/C19H23F2N3O2S/c1-13-22-15(11-27-13)10-23(2)12-19(26)7-4-8-24(18(19)25)9-14-5-3-6-16(20)17(14)21/h3,5-6,11,26H,4,7-10,12H2,1-2H3/t19-/m1/s1. The average Bonchev–Trinajstić information content (AvgIpc) is 3.00. The minimum atomic E-state index is -1.54. The number of aryl methyl sites for hydroxylation is 1. The first-order valence-electron chi connectivity index (χ1n) is 8.83. The molecular formula is C19H23F2N3O2S. The molecule has 0 radical (unpaired) electrons. The lowest BCUT2D eigenvalue weighted by molar-refractivity contribution is -0.160. The van der Waals surface area contributed by atoms with E-state index in [1.807, 2.05) is 24.3 Å². The summed E-state index contributed by atoms with van der Waals surface area (Å²) in [5.41, 5.74) is -0.536. The molecule has 27 heavy (non-hydrogen) atoms. The molecule has 1 N–H and O–H groups in total. The van der Waals surface area contributed by atoms with Crippen LogP contribution in [0.5, 0.6) is 0 Å². The molecule has 1 saturated heterocycles. The smallest absolute Gasteiger partial charge is 0.256 e. The molecule has 1 amide bonds. The molecule has 1 fully saturated rings. The third-order valence-corrected chi connectivity index (χ3v) is 5.55. The van der Waals surface area contributed by atoms with E-state index in [0.29, 0.717) is 25.9 Å². The number of thiazole rings is 1. The van der Waals surface area contributed by atoms with Crippen molar-refractivity contribution in [3.63, 3.8) is 0 Å². The van der Waals surface area contributed by atoms with Gasteiger partial charge in [-0.2, -0.15) is 0 Å². The summed E-state index contributed by atoms with van der Waals surface area (Å²) >= 11 is 1.55. The summed E-state index contributed by atoms with van der Waals surface area (Å²) in [6, 6.07) is 3.91. The Balaban J connectivity index is 1.68. The summed E-state index contributed by atoms with van der Waals surface area (Å²) in [6.07, 6.45) is 0.942. The minimum absolute atomic E-state index is 0.0558. The van der Waals surface area contributed by atoms with Crippen molar-refractivity contribution in [1.29, 1.82) is 0 Å². The number of hydrogen-bond donors (Lipinski definition) is 1. The average molecular weight is 395 g/mol. The number of nitrogens with zero attached hydrogens (tertiary/aromatic N) is 3. The summed E-state index contributed by atoms with van der Waals surface area (Å²) in [4.78, 5) is 20.5. The van der Waals surface area contributed by atoms with Crippen molar-refractivity contribution >= 4 is 17.2 Å². The van der Waals surface area contributed by atoms with E-state index in [-0.39, 0.29) is 18.7 Å². The first-order valence-corrected chi connectivity index (χ1v) is 9.71. The van der Waals surface area contributed by atoms with Gasteiger partial charge in [-0.3, -0.25) is 9.69 Å². The van der Waals surface area contributed by atoms with Gasteiger partial charge >= 0.3 is 0 Å². The highest BCUT2D eigenvalue weighted by molar-refractivity contribution is 7.09. The van der Waals surface area contributed by atoms with Crippen molar-refractivity contribution < 1.29 is 18.7 Å². The molecule has 3 rings (SSSR count). The molecule has 0 bridgehead atoms. The Labute approximate surface area is 161 Å². The predicted octanol–water partition coefficient (Wildman–Crippen LogP) is 2.72. The molecular weight excluding hydrogens is 372 g/mol. The summed E-state index contributed by atoms with van der Waals surface area (Å²) in [5.74, 6) is -2.33. The van der Waals surface area contributed by atoms with Gasteiger partial charge in [-0.25, -0.2) is 13.8 Å². The van der Waals surface area contributed by atoms with Crippen molar-refractivity contribution in [3.05, 3.63) is 51.5 Å². The van der Waals surface area contributed by atoms with Gasteiger partial charge in [0.05, 0.1) is 10.7 Å². The van der Waals surface area contributed by atoms with Crippen LogP contribution in [0.15, 0.2) is 23.6 Å². The Bertz CT molecular complexity index is 829. The number of hydrogen-bond acceptors (Lipinski definition) is 5. The summed E-state index contributed by atoms with van der Waals surface area (Å²) < 4.78 is 27.4. The molecule has 8 heteroatoms. The van der Waals surface area contributed by atoms with Gasteiger partial charge in [0.2, 0.25) is 0 Å². The lowest BCUT2D eigenvalue weighted by atomic mass is 9.90. The van der Waals surface area contributed by atoms with E-state index in [1.54, 1.807) is 11.3 Å². The van der Waals surface area contributed by atoms with Crippen molar-refractivity contribution in [2.75, 3.05) is 20.1 Å². The monoisotopic (exact) mass is 395 g/mol. The topological polar surface area (TPSA) is 56.7 Å². The maximum atomic E-state index is 13.9. The molecule has 0 spiro atoms. The van der Waals surface area contributed by atoms with Gasteiger partial charge in [0.25, 0.3) is 5.91 Å². The number of benzene rings is 1. The zero-order valence-electron chi connectivity index (χ0n) is 15.4. The highest BCUT2D eigenvalue weighted by Gasteiger charge is 2.43. The normalized spacial score (nSPS) is 20.5. The van der Waals surface area contributed by atoms with Crippen LogP contribution in [0, 0.1) is 18.6 Å². The molecule has 5 nitrogen and oxygen atoms in total. The highest BCUT2D eigenvalue weighted by atomic mass is 32.1. The van der Waals surface area contributed by atoms with Crippen LogP contribution in [-0.4, -0.2) is 51.5 Å². The number of carbonyl (C=O) groups excluding carboxylic acids is 1. The molecule has 1 aromatic heterocycles. The molecule has 2 heterocycles. The first-order chi connectivity index (χ1) is 12.8. The third kappa shape index (κ3) is 4.51. The molecule has 0 saturated carbocycles. The Hall–Kier alpha value is -1.90. The van der Waals surface area contributed by atoms with Gasteiger partial charge in [0, 0.05) is 37.1 Å². The summed E-state index contributed by atoms with van der Waals surface area (Å²) in [5, 5.41) is 13.9. The molecule has 1 atom stereocenters. The second-order valence-corrected chi connectivity index (χ2v) is 8.17. The van der Waals surface area contributed by atoms with E-state index in [4.69, 9.17) is 0 Å². The predicted molar refractivity (Wildman–Crippen MR) is 99.1 cm³/mol. The van der Waals surface area contributed by atoms with Crippen molar-refractivity contribution in [3.8, 4) is 0 Å². The van der Waals surface area contributed by atoms with Crippen LogP contribution in [0.2, 0.25) is 0 Å². The molecule has 146 valence electrons. The number of piperidine rings is 1. The largest absolute Gasteiger partial charge is 0.379 e. The molecule has 1 aromatic carbocycles. The molecule has 2 aromatic rings. The molecule has 1 aliphatic heterocycles. The fourth-order valence-corrected chi connectivity index (χ4v) is 4.10. The van der Waals surface area contributed by atoms with Crippen LogP contribution in [0.25, 0.3) is 0 Å². The lowest BCUT2D eigenvalue weighted by Gasteiger charge is -2.40.